The van der Waals surface area contributed by atoms with E-state index >= 15 is 0 Å². The molecule has 2 N–H and O–H groups in total. The molecular weight excluding hydrogens is 781 g/mol. The summed E-state index contributed by atoms with van der Waals surface area (Å²) in [5.74, 6) is 1.47. The number of para-hydroxylation sites is 2. The van der Waals surface area contributed by atoms with Gasteiger partial charge in [0.2, 0.25) is 0 Å². The molecular formula is C41H68N4O11Si2. The van der Waals surface area contributed by atoms with Gasteiger partial charge in [-0.1, -0.05) is 38.1 Å². The summed E-state index contributed by atoms with van der Waals surface area (Å²) in [7, 11) is -0.630. The Morgan fingerprint density at radius 3 is 1.59 bits per heavy atom. The minimum absolute atomic E-state index is 0.0834. The highest BCUT2D eigenvalue weighted by Gasteiger charge is 2.41. The zero-order valence-corrected chi connectivity index (χ0v) is 38.4. The molecule has 0 saturated heterocycles. The van der Waals surface area contributed by atoms with Crippen molar-refractivity contribution in [3.8, 4) is 0 Å². The molecule has 2 aromatic carbocycles. The maximum Gasteiger partial charge on any atom is 0.501 e. The number of aromatic nitrogens is 4. The molecule has 0 fully saturated rings. The minimum atomic E-state index is -2.89. The third kappa shape index (κ3) is 13.7. The fourth-order valence-electron chi connectivity index (χ4n) is 6.83. The van der Waals surface area contributed by atoms with Crippen LogP contribution >= 0.6 is 0 Å². The van der Waals surface area contributed by atoms with Gasteiger partial charge in [0, 0.05) is 79.1 Å². The van der Waals surface area contributed by atoms with Gasteiger partial charge in [0.15, 0.2) is 0 Å². The van der Waals surface area contributed by atoms with Crippen LogP contribution in [0.15, 0.2) is 36.4 Å². The molecule has 58 heavy (non-hydrogen) atoms. The number of rotatable bonds is 26. The molecule has 0 bridgehead atoms. The molecule has 0 aliphatic carbocycles. The van der Waals surface area contributed by atoms with Gasteiger partial charge in [-0.2, -0.15) is 0 Å². The van der Waals surface area contributed by atoms with Gasteiger partial charge in [0.1, 0.15) is 24.4 Å². The number of carbonyl (C=O) groups excluding carboxylic acids is 1. The summed E-state index contributed by atoms with van der Waals surface area (Å²) >= 11 is 0. The molecule has 2 unspecified atom stereocenters. The fraction of sp³-hybridized carbons (Fsp3) is 0.634. The van der Waals surface area contributed by atoms with E-state index in [2.05, 4.69) is 24.5 Å². The number of fused-ring (bicyclic) bond motifs is 2. The first-order chi connectivity index (χ1) is 27.9. The number of esters is 1. The van der Waals surface area contributed by atoms with Crippen LogP contribution < -0.4 is 0 Å². The second kappa shape index (κ2) is 24.9. The Bertz CT molecular complexity index is 1790. The van der Waals surface area contributed by atoms with Crippen molar-refractivity contribution < 1.29 is 51.0 Å². The zero-order chi connectivity index (χ0) is 42.7. The predicted octanol–water partition coefficient (Wildman–Crippen LogP) is 5.80. The van der Waals surface area contributed by atoms with Crippen molar-refractivity contribution in [2.75, 3.05) is 61.0 Å². The van der Waals surface area contributed by atoms with E-state index in [-0.39, 0.29) is 19.6 Å². The topological polar surface area (TPSA) is 167 Å². The predicted molar refractivity (Wildman–Crippen MR) is 228 cm³/mol. The maximum atomic E-state index is 12.3. The van der Waals surface area contributed by atoms with Gasteiger partial charge in [-0.3, -0.25) is 4.79 Å². The van der Waals surface area contributed by atoms with Gasteiger partial charge in [-0.15, -0.1) is 0 Å². The molecule has 0 aliphatic heterocycles. The summed E-state index contributed by atoms with van der Waals surface area (Å²) < 4.78 is 48.5. The number of imidazole rings is 2. The summed E-state index contributed by atoms with van der Waals surface area (Å²) in [5, 5.41) is 20.9. The van der Waals surface area contributed by atoms with Crippen LogP contribution in [0.1, 0.15) is 70.2 Å². The lowest BCUT2D eigenvalue weighted by molar-refractivity contribution is -0.146. The van der Waals surface area contributed by atoms with Gasteiger partial charge >= 0.3 is 23.6 Å². The molecule has 4 aromatic rings. The van der Waals surface area contributed by atoms with Gasteiger partial charge in [-0.25, -0.2) is 9.97 Å². The molecule has 2 aromatic heterocycles. The molecule has 4 rings (SSSR count). The lowest BCUT2D eigenvalue weighted by Crippen LogP contribution is -2.46. The number of nitrogens with zero attached hydrogens (tertiary/aromatic N) is 4. The van der Waals surface area contributed by atoms with Crippen molar-refractivity contribution in [1.29, 1.82) is 0 Å². The standard InChI is InChI=1S/C22H36N2O6Si.C19H32N2O5Si/c1-6-20-23-22-17(5)11-10-12-19(22)24(20)15-18(25)16-27-21(26)13-14-31(28-7-2,29-8-3)30-9-4;1-6-18-20-19-15(2)9-7-10-17(19)21(18)13-16(22)14-26-11-8-12-27(23-3,24-4)25-5/h10-12,18,25H,6-9,13-16H2,1-5H3;7,9-10,16,22H,6,8,11-14H2,1-5H3. The summed E-state index contributed by atoms with van der Waals surface area (Å²) in [4.78, 5) is 21.7. The van der Waals surface area contributed by atoms with Crippen molar-refractivity contribution in [2.45, 2.75) is 112 Å². The van der Waals surface area contributed by atoms with Crippen LogP contribution in [0.3, 0.4) is 0 Å². The Morgan fingerprint density at radius 1 is 0.690 bits per heavy atom. The lowest BCUT2D eigenvalue weighted by Gasteiger charge is -2.28. The van der Waals surface area contributed by atoms with Crippen LogP contribution in [0.4, 0.5) is 0 Å². The molecule has 0 saturated carbocycles. The Labute approximate surface area is 346 Å². The summed E-state index contributed by atoms with van der Waals surface area (Å²) in [5.41, 5.74) is 6.21. The molecule has 2 atom stereocenters. The van der Waals surface area contributed by atoms with E-state index in [0.29, 0.717) is 51.6 Å². The van der Waals surface area contributed by atoms with Gasteiger partial charge < -0.3 is 55.4 Å². The van der Waals surface area contributed by atoms with Crippen LogP contribution in [0.5, 0.6) is 0 Å². The number of aliphatic hydroxyl groups excluding tert-OH is 2. The van der Waals surface area contributed by atoms with Crippen LogP contribution in [0.25, 0.3) is 22.1 Å². The number of benzene rings is 2. The Balaban J connectivity index is 0.000000313. The fourth-order valence-corrected chi connectivity index (χ4v) is 11.0. The summed E-state index contributed by atoms with van der Waals surface area (Å²) in [6.45, 7) is 16.7. The van der Waals surface area contributed by atoms with Crippen molar-refractivity contribution in [1.82, 2.24) is 19.1 Å². The van der Waals surface area contributed by atoms with Crippen molar-refractivity contribution >= 4 is 45.6 Å². The largest absolute Gasteiger partial charge is 0.501 e. The van der Waals surface area contributed by atoms with E-state index in [9.17, 15) is 15.0 Å². The Kier molecular flexibility index (Phi) is 21.1. The quantitative estimate of drug-likeness (QED) is 0.0443. The molecule has 326 valence electrons. The first-order valence-corrected chi connectivity index (χ1v) is 24.3. The van der Waals surface area contributed by atoms with Crippen LogP contribution in [-0.2, 0) is 66.8 Å². The second-order valence-corrected chi connectivity index (χ2v) is 19.6. The van der Waals surface area contributed by atoms with Gasteiger partial charge in [0.05, 0.1) is 47.9 Å². The summed E-state index contributed by atoms with van der Waals surface area (Å²) in [6, 6.07) is 13.2. The van der Waals surface area contributed by atoms with Gasteiger partial charge in [0.25, 0.3) is 0 Å². The van der Waals surface area contributed by atoms with E-state index in [1.54, 1.807) is 21.3 Å². The highest BCUT2D eigenvalue weighted by Crippen LogP contribution is 2.23. The monoisotopic (exact) mass is 848 g/mol. The number of ether oxygens (including phenoxy) is 2. The first kappa shape index (κ1) is 49.3. The molecule has 0 amide bonds. The second-order valence-electron chi connectivity index (χ2n) is 13.8. The van der Waals surface area contributed by atoms with E-state index in [0.717, 1.165) is 64.1 Å². The average Bonchev–Trinajstić information content (AvgIpc) is 3.77. The number of carbonyl (C=O) groups is 1. The third-order valence-corrected chi connectivity index (χ3v) is 15.6. The Hall–Kier alpha value is -3.08. The van der Waals surface area contributed by atoms with E-state index in [1.807, 2.05) is 69.5 Å². The third-order valence-electron chi connectivity index (χ3n) is 9.72. The van der Waals surface area contributed by atoms with Crippen LogP contribution in [0, 0.1) is 13.8 Å². The van der Waals surface area contributed by atoms with Crippen LogP contribution in [0.2, 0.25) is 12.1 Å². The molecule has 0 spiro atoms. The van der Waals surface area contributed by atoms with Crippen LogP contribution in [-0.4, -0.2) is 126 Å². The average molecular weight is 849 g/mol. The number of aryl methyl sites for hydroxylation is 4. The molecule has 17 heteroatoms. The Morgan fingerprint density at radius 2 is 1.16 bits per heavy atom. The zero-order valence-electron chi connectivity index (χ0n) is 36.4. The molecule has 15 nitrogen and oxygen atoms in total. The van der Waals surface area contributed by atoms with Crippen molar-refractivity contribution in [2.24, 2.45) is 0 Å². The number of hydrogen-bond acceptors (Lipinski definition) is 13. The summed E-state index contributed by atoms with van der Waals surface area (Å²) in [6.07, 6.45) is 1.01. The van der Waals surface area contributed by atoms with Crippen molar-refractivity contribution in [3.05, 3.63) is 59.2 Å². The van der Waals surface area contributed by atoms with E-state index in [1.165, 1.54) is 0 Å². The highest BCUT2D eigenvalue weighted by atomic mass is 28.4. The van der Waals surface area contributed by atoms with Gasteiger partial charge in [-0.05, 0) is 64.3 Å². The smallest absolute Gasteiger partial charge is 0.463 e. The SMILES string of the molecule is CCO[Si](CCC(=O)OCC(O)Cn1c(CC)nc2c(C)cccc21)(OCC)OCC.CCc1nc2c(C)cccc2n1CC(O)COCCC[Si](OC)(OC)OC. The maximum absolute atomic E-state index is 12.3. The highest BCUT2D eigenvalue weighted by molar-refractivity contribution is 6.61. The number of aliphatic hydroxyl groups is 2. The molecule has 2 heterocycles. The number of hydrogen-bond donors (Lipinski definition) is 2. The normalized spacial score (nSPS) is 13.2. The first-order valence-electron chi connectivity index (χ1n) is 20.5. The minimum Gasteiger partial charge on any atom is -0.463 e. The lowest BCUT2D eigenvalue weighted by atomic mass is 10.2. The van der Waals surface area contributed by atoms with Crippen molar-refractivity contribution in [3.63, 3.8) is 0 Å². The molecule has 0 radical (unpaired) electrons. The van der Waals surface area contributed by atoms with E-state index in [4.69, 9.17) is 46.0 Å². The molecule has 0 aliphatic rings. The van der Waals surface area contributed by atoms with E-state index < -0.39 is 35.8 Å².